The van der Waals surface area contributed by atoms with Gasteiger partial charge >= 0.3 is 5.91 Å². The molecule has 1 atom stereocenters. The summed E-state index contributed by atoms with van der Waals surface area (Å²) in [6, 6.07) is 14.2. The number of ether oxygens (including phenoxy) is 1. The van der Waals surface area contributed by atoms with Crippen LogP contribution in [0.1, 0.15) is 42.7 Å². The maximum atomic E-state index is 13.1. The number of ketones is 1. The Bertz CT molecular complexity index is 1200. The lowest BCUT2D eigenvalue weighted by Crippen LogP contribution is -2.29. The predicted octanol–water partition coefficient (Wildman–Crippen LogP) is 5.44. The van der Waals surface area contributed by atoms with Gasteiger partial charge in [0.15, 0.2) is 5.82 Å². The summed E-state index contributed by atoms with van der Waals surface area (Å²) in [6.07, 6.45) is 1.96. The summed E-state index contributed by atoms with van der Waals surface area (Å²) >= 11 is 5.96. The summed E-state index contributed by atoms with van der Waals surface area (Å²) in [6.45, 7) is 4.38. The van der Waals surface area contributed by atoms with Gasteiger partial charge in [-0.15, -0.1) is 0 Å². The van der Waals surface area contributed by atoms with Crippen LogP contribution in [0.15, 0.2) is 64.7 Å². The first kappa shape index (κ1) is 22.6. The molecular formula is C25H23ClN2O5. The second-order valence-electron chi connectivity index (χ2n) is 7.74. The van der Waals surface area contributed by atoms with Crippen molar-refractivity contribution in [2.75, 3.05) is 11.5 Å². The first-order chi connectivity index (χ1) is 15.9. The third kappa shape index (κ3) is 4.50. The third-order valence-electron chi connectivity index (χ3n) is 5.39. The summed E-state index contributed by atoms with van der Waals surface area (Å²) in [5, 5.41) is 15.5. The fourth-order valence-corrected chi connectivity index (χ4v) is 3.82. The summed E-state index contributed by atoms with van der Waals surface area (Å²) in [5.74, 6) is -0.537. The molecular weight excluding hydrogens is 444 g/mol. The molecule has 0 spiro atoms. The number of aromatic nitrogens is 1. The molecule has 1 N–H and O–H groups in total. The van der Waals surface area contributed by atoms with Gasteiger partial charge in [0.05, 0.1) is 18.2 Å². The average Bonchev–Trinajstić information content (AvgIpc) is 3.35. The Balaban J connectivity index is 1.81. The van der Waals surface area contributed by atoms with E-state index in [4.69, 9.17) is 20.9 Å². The second kappa shape index (κ2) is 9.50. The Hall–Kier alpha value is -3.58. The van der Waals surface area contributed by atoms with Gasteiger partial charge in [0.25, 0.3) is 5.78 Å². The zero-order chi connectivity index (χ0) is 23.5. The van der Waals surface area contributed by atoms with Crippen molar-refractivity contribution in [3.63, 3.8) is 0 Å². The molecule has 0 saturated carbocycles. The lowest BCUT2D eigenvalue weighted by atomic mass is 9.95. The van der Waals surface area contributed by atoms with Crippen molar-refractivity contribution < 1.29 is 24.0 Å². The Labute approximate surface area is 196 Å². The molecule has 4 rings (SSSR count). The molecule has 0 radical (unpaired) electrons. The van der Waals surface area contributed by atoms with E-state index in [-0.39, 0.29) is 17.2 Å². The number of Topliss-reactive ketones (excluding diaryl/α,β-unsaturated/α-hetero) is 1. The maximum absolute atomic E-state index is 13.1. The van der Waals surface area contributed by atoms with Gasteiger partial charge in [-0.05, 0) is 55.3 Å². The van der Waals surface area contributed by atoms with Crippen LogP contribution in [-0.4, -0.2) is 28.6 Å². The topological polar surface area (TPSA) is 92.9 Å². The average molecular weight is 467 g/mol. The summed E-state index contributed by atoms with van der Waals surface area (Å²) in [5.41, 5.74) is 0.953. The zero-order valence-corrected chi connectivity index (χ0v) is 19.0. The number of aryl methyl sites for hydroxylation is 1. The van der Waals surface area contributed by atoms with E-state index in [2.05, 4.69) is 12.1 Å². The molecule has 3 aromatic rings. The van der Waals surface area contributed by atoms with E-state index in [0.29, 0.717) is 34.3 Å². The van der Waals surface area contributed by atoms with E-state index < -0.39 is 17.7 Å². The minimum absolute atomic E-state index is 0.0392. The fourth-order valence-electron chi connectivity index (χ4n) is 3.69. The first-order valence-corrected chi connectivity index (χ1v) is 11.0. The van der Waals surface area contributed by atoms with Gasteiger partial charge in [-0.1, -0.05) is 42.2 Å². The van der Waals surface area contributed by atoms with Crippen LogP contribution in [0.3, 0.4) is 0 Å². The standard InChI is InChI=1S/C25H23ClN2O5/c1-3-4-13-32-19-11-7-16(8-12-19)22-21(23(29)17-5-9-18(26)10-6-17)24(30)25(31)28(22)20-14-15(2)33-27-20/h5-12,14,22,29H,3-4,13H2,1-2H3/b23-21+/t22-/m0/s1. The van der Waals surface area contributed by atoms with Crippen LogP contribution < -0.4 is 9.64 Å². The molecule has 7 nitrogen and oxygen atoms in total. The first-order valence-electron chi connectivity index (χ1n) is 10.6. The van der Waals surface area contributed by atoms with E-state index in [9.17, 15) is 14.7 Å². The molecule has 8 heteroatoms. The van der Waals surface area contributed by atoms with Crippen LogP contribution in [0.2, 0.25) is 5.02 Å². The molecule has 2 heterocycles. The molecule has 1 aliphatic heterocycles. The van der Waals surface area contributed by atoms with Crippen molar-refractivity contribution in [2.45, 2.75) is 32.7 Å². The lowest BCUT2D eigenvalue weighted by Gasteiger charge is -2.23. The van der Waals surface area contributed by atoms with E-state index in [1.54, 1.807) is 61.5 Å². The van der Waals surface area contributed by atoms with E-state index >= 15 is 0 Å². The number of benzene rings is 2. The Kier molecular flexibility index (Phi) is 6.51. The van der Waals surface area contributed by atoms with Crippen LogP contribution in [0.25, 0.3) is 5.76 Å². The van der Waals surface area contributed by atoms with Gasteiger partial charge in [-0.2, -0.15) is 0 Å². The van der Waals surface area contributed by atoms with Crippen molar-refractivity contribution in [3.05, 3.63) is 82.1 Å². The summed E-state index contributed by atoms with van der Waals surface area (Å²) in [7, 11) is 0. The molecule has 1 aliphatic rings. The van der Waals surface area contributed by atoms with Gasteiger partial charge in [0.1, 0.15) is 17.3 Å². The van der Waals surface area contributed by atoms with Crippen molar-refractivity contribution in [1.29, 1.82) is 0 Å². The summed E-state index contributed by atoms with van der Waals surface area (Å²) < 4.78 is 10.9. The van der Waals surface area contributed by atoms with Crippen LogP contribution >= 0.6 is 11.6 Å². The van der Waals surface area contributed by atoms with Crippen molar-refractivity contribution in [1.82, 2.24) is 5.16 Å². The molecule has 0 bridgehead atoms. The Morgan fingerprint density at radius 3 is 2.45 bits per heavy atom. The SMILES string of the molecule is CCCCOc1ccc([C@H]2/C(=C(\O)c3ccc(Cl)cc3)C(=O)C(=O)N2c2cc(C)on2)cc1. The number of anilines is 1. The van der Waals surface area contributed by atoms with Crippen molar-refractivity contribution in [2.24, 2.45) is 0 Å². The molecule has 33 heavy (non-hydrogen) atoms. The highest BCUT2D eigenvalue weighted by molar-refractivity contribution is 6.51. The zero-order valence-electron chi connectivity index (χ0n) is 18.2. The minimum Gasteiger partial charge on any atom is -0.507 e. The van der Waals surface area contributed by atoms with E-state index in [1.165, 1.54) is 4.90 Å². The van der Waals surface area contributed by atoms with Crippen LogP contribution in [-0.2, 0) is 9.59 Å². The molecule has 170 valence electrons. The van der Waals surface area contributed by atoms with Crippen molar-refractivity contribution in [3.8, 4) is 5.75 Å². The fraction of sp³-hybridized carbons (Fsp3) is 0.240. The molecule has 0 unspecified atom stereocenters. The molecule has 1 aromatic heterocycles. The Morgan fingerprint density at radius 1 is 1.15 bits per heavy atom. The Morgan fingerprint density at radius 2 is 1.85 bits per heavy atom. The number of nitrogens with zero attached hydrogens (tertiary/aromatic N) is 2. The van der Waals surface area contributed by atoms with Crippen LogP contribution in [0.5, 0.6) is 5.75 Å². The quantitative estimate of drug-likeness (QED) is 0.215. The van der Waals surface area contributed by atoms with Crippen LogP contribution in [0.4, 0.5) is 5.82 Å². The number of hydrogen-bond acceptors (Lipinski definition) is 6. The summed E-state index contributed by atoms with van der Waals surface area (Å²) in [4.78, 5) is 27.4. The van der Waals surface area contributed by atoms with Crippen LogP contribution in [0, 0.1) is 6.92 Å². The number of amides is 1. The van der Waals surface area contributed by atoms with Gasteiger partial charge in [-0.25, -0.2) is 0 Å². The number of aliphatic hydroxyl groups excluding tert-OH is 1. The second-order valence-corrected chi connectivity index (χ2v) is 8.18. The normalized spacial score (nSPS) is 17.5. The third-order valence-corrected chi connectivity index (χ3v) is 5.64. The minimum atomic E-state index is -0.894. The van der Waals surface area contributed by atoms with Gasteiger partial charge in [-0.3, -0.25) is 14.5 Å². The van der Waals surface area contributed by atoms with Gasteiger partial charge < -0.3 is 14.4 Å². The number of aliphatic hydroxyl groups is 1. The van der Waals surface area contributed by atoms with Gasteiger partial charge in [0.2, 0.25) is 0 Å². The number of carbonyl (C=O) groups is 2. The number of carbonyl (C=O) groups excluding carboxylic acids is 2. The highest BCUT2D eigenvalue weighted by Crippen LogP contribution is 2.42. The monoisotopic (exact) mass is 466 g/mol. The molecule has 1 amide bonds. The lowest BCUT2D eigenvalue weighted by molar-refractivity contribution is -0.132. The van der Waals surface area contributed by atoms with E-state index in [0.717, 1.165) is 12.8 Å². The molecule has 0 aliphatic carbocycles. The van der Waals surface area contributed by atoms with Gasteiger partial charge in [0, 0.05) is 16.7 Å². The van der Waals surface area contributed by atoms with Crippen molar-refractivity contribution >= 4 is 34.9 Å². The highest BCUT2D eigenvalue weighted by Gasteiger charge is 2.48. The highest BCUT2D eigenvalue weighted by atomic mass is 35.5. The molecule has 1 saturated heterocycles. The molecule has 1 fully saturated rings. The maximum Gasteiger partial charge on any atom is 0.301 e. The number of hydrogen-bond donors (Lipinski definition) is 1. The number of halogens is 1. The predicted molar refractivity (Wildman–Crippen MR) is 124 cm³/mol. The molecule has 2 aromatic carbocycles. The largest absolute Gasteiger partial charge is 0.507 e. The number of rotatable bonds is 7. The van der Waals surface area contributed by atoms with E-state index in [1.807, 2.05) is 0 Å². The number of unbranched alkanes of at least 4 members (excludes halogenated alkanes) is 1. The smallest absolute Gasteiger partial charge is 0.301 e.